The molecule has 2 unspecified atom stereocenters. The molecule has 0 aromatic heterocycles. The van der Waals surface area contributed by atoms with Crippen LogP contribution in [-0.2, 0) is 23.9 Å². The van der Waals surface area contributed by atoms with Crippen molar-refractivity contribution in [1.82, 2.24) is 0 Å². The van der Waals surface area contributed by atoms with E-state index in [1.165, 1.54) is 28.1 Å². The first kappa shape index (κ1) is 32.1. The number of aldehydes is 1. The lowest BCUT2D eigenvalue weighted by atomic mass is 9.72. The molecule has 1 heterocycles. The second kappa shape index (κ2) is 13.6. The molecule has 232 valence electrons. The van der Waals surface area contributed by atoms with Gasteiger partial charge in [-0.15, -0.1) is 0 Å². The fraction of sp³-hybridized carbons (Fsp3) is 0.433. The van der Waals surface area contributed by atoms with Crippen molar-refractivity contribution in [2.75, 3.05) is 27.4 Å². The SMILES string of the molecule is COc1cc([C@H]2c3cc(OC(C)=O)c(OC)cc3C=C(C=O)[C@@H]2CO[C@@H]2O[C@H](CO)C(O)[C@H](O)C2O)ccc1OC(C)=O. The van der Waals surface area contributed by atoms with Crippen molar-refractivity contribution in [3.05, 3.63) is 52.6 Å². The average Bonchev–Trinajstić information content (AvgIpc) is 2.98. The number of hydrogen-bond acceptors (Lipinski definition) is 13. The van der Waals surface area contributed by atoms with Crippen LogP contribution in [0.3, 0.4) is 0 Å². The number of benzene rings is 2. The van der Waals surface area contributed by atoms with Crippen molar-refractivity contribution in [2.24, 2.45) is 5.92 Å². The Morgan fingerprint density at radius 3 is 2.14 bits per heavy atom. The highest BCUT2D eigenvalue weighted by Crippen LogP contribution is 2.47. The lowest BCUT2D eigenvalue weighted by Crippen LogP contribution is -2.59. The Morgan fingerprint density at radius 1 is 0.884 bits per heavy atom. The molecule has 0 spiro atoms. The van der Waals surface area contributed by atoms with Crippen LogP contribution in [0.15, 0.2) is 35.9 Å². The maximum Gasteiger partial charge on any atom is 0.308 e. The predicted octanol–water partition coefficient (Wildman–Crippen LogP) is 0.715. The van der Waals surface area contributed by atoms with E-state index in [1.54, 1.807) is 36.4 Å². The molecule has 1 aliphatic heterocycles. The zero-order chi connectivity index (χ0) is 31.4. The molecule has 13 heteroatoms. The molecule has 0 saturated carbocycles. The third-order valence-electron chi connectivity index (χ3n) is 7.34. The van der Waals surface area contributed by atoms with Crippen LogP contribution in [0.4, 0.5) is 0 Å². The number of rotatable bonds is 10. The summed E-state index contributed by atoms with van der Waals surface area (Å²) in [6.45, 7) is 1.62. The number of carbonyl (C=O) groups excluding carboxylic acids is 3. The van der Waals surface area contributed by atoms with Gasteiger partial charge in [0.15, 0.2) is 29.3 Å². The minimum absolute atomic E-state index is 0.138. The van der Waals surface area contributed by atoms with Gasteiger partial charge in [0, 0.05) is 25.7 Å². The van der Waals surface area contributed by atoms with Gasteiger partial charge in [-0.2, -0.15) is 0 Å². The van der Waals surface area contributed by atoms with Gasteiger partial charge in [0.1, 0.15) is 30.7 Å². The number of esters is 2. The van der Waals surface area contributed by atoms with Crippen LogP contribution in [-0.4, -0.2) is 96.8 Å². The standard InChI is InChI=1S/C30H34O13/c1-14(33)41-21-6-5-16(8-22(21)38-3)26-19-10-24(42-15(2)34)23(39-4)9-17(19)7-18(11-31)20(26)13-40-30-29(37)28(36)27(35)25(12-32)43-30/h5-11,20,25-30,32,35-37H,12-13H2,1-4H3/t20-,25+,26-,27?,28-,29?,30+/m0/s1. The molecule has 13 nitrogen and oxygen atoms in total. The van der Waals surface area contributed by atoms with Crippen molar-refractivity contribution >= 4 is 24.3 Å². The molecule has 0 amide bonds. The maximum atomic E-state index is 12.4. The van der Waals surface area contributed by atoms with E-state index in [4.69, 9.17) is 28.4 Å². The van der Waals surface area contributed by atoms with E-state index in [2.05, 4.69) is 0 Å². The number of carbonyl (C=O) groups is 3. The Kier molecular flexibility index (Phi) is 10.2. The minimum Gasteiger partial charge on any atom is -0.493 e. The van der Waals surface area contributed by atoms with Gasteiger partial charge < -0.3 is 48.8 Å². The molecule has 2 aromatic carbocycles. The van der Waals surface area contributed by atoms with E-state index >= 15 is 0 Å². The molecule has 4 rings (SSSR count). The van der Waals surface area contributed by atoms with Gasteiger partial charge in [0.25, 0.3) is 0 Å². The van der Waals surface area contributed by atoms with Crippen molar-refractivity contribution in [1.29, 1.82) is 0 Å². The summed E-state index contributed by atoms with van der Waals surface area (Å²) in [5.74, 6) is -1.73. The second-order valence-corrected chi connectivity index (χ2v) is 10.1. The number of ether oxygens (including phenoxy) is 6. The van der Waals surface area contributed by atoms with Gasteiger partial charge in [-0.3, -0.25) is 14.4 Å². The number of aliphatic hydroxyl groups excluding tert-OH is 4. The van der Waals surface area contributed by atoms with Crippen LogP contribution < -0.4 is 18.9 Å². The molecule has 7 atom stereocenters. The summed E-state index contributed by atoms with van der Waals surface area (Å²) in [6, 6.07) is 8.10. The highest BCUT2D eigenvalue weighted by molar-refractivity contribution is 5.86. The molecule has 0 radical (unpaired) electrons. The van der Waals surface area contributed by atoms with Gasteiger partial charge >= 0.3 is 11.9 Å². The Labute approximate surface area is 247 Å². The van der Waals surface area contributed by atoms with E-state index in [-0.39, 0.29) is 29.6 Å². The molecular weight excluding hydrogens is 568 g/mol. The van der Waals surface area contributed by atoms with E-state index < -0.39 is 61.1 Å². The van der Waals surface area contributed by atoms with Gasteiger partial charge in [-0.1, -0.05) is 6.07 Å². The van der Waals surface area contributed by atoms with Crippen molar-refractivity contribution in [3.63, 3.8) is 0 Å². The fourth-order valence-electron chi connectivity index (χ4n) is 5.32. The molecule has 1 aliphatic carbocycles. The van der Waals surface area contributed by atoms with Crippen LogP contribution in [0.5, 0.6) is 23.0 Å². The number of fused-ring (bicyclic) bond motifs is 1. The predicted molar refractivity (Wildman–Crippen MR) is 148 cm³/mol. The summed E-state index contributed by atoms with van der Waals surface area (Å²) in [7, 11) is 2.82. The fourth-order valence-corrected chi connectivity index (χ4v) is 5.32. The van der Waals surface area contributed by atoms with Gasteiger partial charge in [-0.25, -0.2) is 0 Å². The summed E-state index contributed by atoms with van der Waals surface area (Å²) in [4.78, 5) is 35.9. The number of aliphatic hydroxyl groups is 4. The smallest absolute Gasteiger partial charge is 0.308 e. The largest absolute Gasteiger partial charge is 0.493 e. The topological polar surface area (TPSA) is 188 Å². The van der Waals surface area contributed by atoms with Crippen LogP contribution in [0.25, 0.3) is 6.08 Å². The van der Waals surface area contributed by atoms with Crippen molar-refractivity contribution < 1.29 is 63.2 Å². The van der Waals surface area contributed by atoms with E-state index in [1.807, 2.05) is 0 Å². The molecule has 1 saturated heterocycles. The number of hydrogen-bond donors (Lipinski definition) is 4. The molecule has 2 aromatic rings. The third-order valence-corrected chi connectivity index (χ3v) is 7.34. The zero-order valence-corrected chi connectivity index (χ0v) is 24.0. The Hall–Kier alpha value is -3.85. The maximum absolute atomic E-state index is 12.4. The monoisotopic (exact) mass is 602 g/mol. The third kappa shape index (κ3) is 6.72. The molecule has 43 heavy (non-hydrogen) atoms. The lowest BCUT2D eigenvalue weighted by molar-refractivity contribution is -0.302. The lowest BCUT2D eigenvalue weighted by Gasteiger charge is -2.41. The molecule has 4 N–H and O–H groups in total. The summed E-state index contributed by atoms with van der Waals surface area (Å²) in [6.07, 6.45) is -5.23. The quantitative estimate of drug-likeness (QED) is 0.169. The second-order valence-electron chi connectivity index (χ2n) is 10.1. The van der Waals surface area contributed by atoms with Gasteiger partial charge in [0.05, 0.1) is 27.4 Å². The average molecular weight is 603 g/mol. The molecular formula is C30H34O13. The van der Waals surface area contributed by atoms with E-state index in [0.29, 0.717) is 28.5 Å². The normalized spacial score (nSPS) is 26.5. The first-order valence-electron chi connectivity index (χ1n) is 13.4. The first-order chi connectivity index (χ1) is 20.5. The van der Waals surface area contributed by atoms with Crippen LogP contribution in [0.2, 0.25) is 0 Å². The Morgan fingerprint density at radius 2 is 1.53 bits per heavy atom. The summed E-state index contributed by atoms with van der Waals surface area (Å²) >= 11 is 0. The highest BCUT2D eigenvalue weighted by Gasteiger charge is 2.45. The molecule has 0 bridgehead atoms. The van der Waals surface area contributed by atoms with Crippen molar-refractivity contribution in [2.45, 2.75) is 50.5 Å². The minimum atomic E-state index is -1.66. The zero-order valence-electron chi connectivity index (χ0n) is 24.0. The van der Waals surface area contributed by atoms with E-state index in [0.717, 1.165) is 0 Å². The van der Waals surface area contributed by atoms with Crippen LogP contribution in [0.1, 0.15) is 36.5 Å². The molecule has 1 fully saturated rings. The first-order valence-corrected chi connectivity index (χ1v) is 13.4. The summed E-state index contributed by atoms with van der Waals surface area (Å²) < 4.78 is 32.9. The Bertz CT molecular complexity index is 1380. The summed E-state index contributed by atoms with van der Waals surface area (Å²) in [5.41, 5.74) is 2.11. The van der Waals surface area contributed by atoms with Crippen LogP contribution in [0, 0.1) is 5.92 Å². The number of methoxy groups -OCH3 is 2. The molecule has 2 aliphatic rings. The van der Waals surface area contributed by atoms with Gasteiger partial charge in [-0.05, 0) is 52.6 Å². The van der Waals surface area contributed by atoms with E-state index in [9.17, 15) is 34.8 Å². The van der Waals surface area contributed by atoms with Gasteiger partial charge in [0.2, 0.25) is 0 Å². The highest BCUT2D eigenvalue weighted by atomic mass is 16.7. The van der Waals surface area contributed by atoms with Crippen LogP contribution >= 0.6 is 0 Å². The van der Waals surface area contributed by atoms with Crippen molar-refractivity contribution in [3.8, 4) is 23.0 Å². The summed E-state index contributed by atoms with van der Waals surface area (Å²) in [5, 5.41) is 40.4. The Balaban J connectivity index is 1.82.